The van der Waals surface area contributed by atoms with Crippen LogP contribution in [0.15, 0.2) is 24.3 Å². The Labute approximate surface area is 94.9 Å². The largest absolute Gasteiger partial charge is 0.310 e. The molecule has 1 nitrogen and oxygen atoms in total. The van der Waals surface area contributed by atoms with E-state index < -0.39 is 8.07 Å². The second kappa shape index (κ2) is 4.95. The maximum absolute atomic E-state index is 3.43. The molecule has 1 aromatic rings. The van der Waals surface area contributed by atoms with Crippen LogP contribution in [0.2, 0.25) is 19.6 Å². The van der Waals surface area contributed by atoms with E-state index in [0.29, 0.717) is 6.04 Å². The molecule has 0 aliphatic rings. The van der Waals surface area contributed by atoms with Crippen molar-refractivity contribution < 1.29 is 0 Å². The number of hydrogen-bond donors (Lipinski definition) is 1. The van der Waals surface area contributed by atoms with Crippen molar-refractivity contribution in [1.82, 2.24) is 5.32 Å². The van der Waals surface area contributed by atoms with Crippen LogP contribution < -0.4 is 10.5 Å². The lowest BCUT2D eigenvalue weighted by atomic mass is 10.2. The van der Waals surface area contributed by atoms with Gasteiger partial charge in [-0.25, -0.2) is 0 Å². The zero-order valence-corrected chi connectivity index (χ0v) is 11.6. The van der Waals surface area contributed by atoms with Gasteiger partial charge in [0.05, 0.1) is 8.07 Å². The monoisotopic (exact) mass is 221 g/mol. The average Bonchev–Trinajstić information content (AvgIpc) is 2.14. The van der Waals surface area contributed by atoms with Crippen LogP contribution in [0, 0.1) is 0 Å². The van der Waals surface area contributed by atoms with Gasteiger partial charge in [0.15, 0.2) is 0 Å². The van der Waals surface area contributed by atoms with Crippen LogP contribution in [0.4, 0.5) is 0 Å². The Kier molecular flexibility index (Phi) is 4.11. The SMILES string of the molecule is CC(C)NCc1ccc([Si](C)(C)C)cc1. The number of hydrogen-bond acceptors (Lipinski definition) is 1. The summed E-state index contributed by atoms with van der Waals surface area (Å²) in [6.45, 7) is 12.5. The first-order valence-corrected chi connectivity index (χ1v) is 9.22. The lowest BCUT2D eigenvalue weighted by molar-refractivity contribution is 0.589. The molecule has 0 heterocycles. The van der Waals surface area contributed by atoms with Crippen molar-refractivity contribution in [2.75, 3.05) is 0 Å². The summed E-state index contributed by atoms with van der Waals surface area (Å²) < 4.78 is 0. The molecule has 0 saturated heterocycles. The van der Waals surface area contributed by atoms with E-state index in [2.05, 4.69) is 63.1 Å². The van der Waals surface area contributed by atoms with Crippen molar-refractivity contribution in [3.8, 4) is 0 Å². The van der Waals surface area contributed by atoms with Crippen molar-refractivity contribution in [3.63, 3.8) is 0 Å². The molecule has 0 spiro atoms. The molecule has 0 atom stereocenters. The van der Waals surface area contributed by atoms with Crippen LogP contribution in [-0.2, 0) is 6.54 Å². The molecule has 0 fully saturated rings. The molecule has 0 aliphatic heterocycles. The van der Waals surface area contributed by atoms with E-state index in [4.69, 9.17) is 0 Å². The molecule has 1 N–H and O–H groups in total. The normalized spacial score (nSPS) is 12.1. The van der Waals surface area contributed by atoms with Gasteiger partial charge in [-0.3, -0.25) is 0 Å². The fourth-order valence-corrected chi connectivity index (χ4v) is 2.61. The molecule has 1 rings (SSSR count). The Morgan fingerprint density at radius 3 is 2.00 bits per heavy atom. The summed E-state index contributed by atoms with van der Waals surface area (Å²) in [6, 6.07) is 9.65. The third-order valence-electron chi connectivity index (χ3n) is 2.53. The first kappa shape index (κ1) is 12.5. The molecule has 1 aromatic carbocycles. The van der Waals surface area contributed by atoms with Gasteiger partial charge >= 0.3 is 0 Å². The molecule has 0 amide bonds. The molecule has 2 heteroatoms. The van der Waals surface area contributed by atoms with Crippen molar-refractivity contribution in [1.29, 1.82) is 0 Å². The fourth-order valence-electron chi connectivity index (χ4n) is 1.44. The second-order valence-electron chi connectivity index (χ2n) is 5.48. The molecular formula is C13H23NSi. The average molecular weight is 221 g/mol. The van der Waals surface area contributed by atoms with Crippen molar-refractivity contribution >= 4 is 13.3 Å². The summed E-state index contributed by atoms with van der Waals surface area (Å²) >= 11 is 0. The Bertz CT molecular complexity index is 295. The van der Waals surface area contributed by atoms with E-state index in [9.17, 15) is 0 Å². The van der Waals surface area contributed by atoms with Crippen LogP contribution in [0.25, 0.3) is 0 Å². The summed E-state index contributed by atoms with van der Waals surface area (Å²) in [5, 5.41) is 4.97. The van der Waals surface area contributed by atoms with E-state index in [-0.39, 0.29) is 0 Å². The van der Waals surface area contributed by atoms with Crippen molar-refractivity contribution in [2.24, 2.45) is 0 Å². The van der Waals surface area contributed by atoms with Crippen molar-refractivity contribution in [2.45, 2.75) is 46.1 Å². The second-order valence-corrected chi connectivity index (χ2v) is 10.6. The highest BCUT2D eigenvalue weighted by Crippen LogP contribution is 2.04. The highest BCUT2D eigenvalue weighted by Gasteiger charge is 2.15. The molecule has 0 bridgehead atoms. The summed E-state index contributed by atoms with van der Waals surface area (Å²) in [6.07, 6.45) is 0. The van der Waals surface area contributed by atoms with Crippen LogP contribution in [0.1, 0.15) is 19.4 Å². The molecule has 0 unspecified atom stereocenters. The third kappa shape index (κ3) is 4.18. The van der Waals surface area contributed by atoms with Gasteiger partial charge in [-0.2, -0.15) is 0 Å². The van der Waals surface area contributed by atoms with Gasteiger partial charge in [-0.15, -0.1) is 0 Å². The van der Waals surface area contributed by atoms with Gasteiger partial charge in [0.1, 0.15) is 0 Å². The minimum absolute atomic E-state index is 0.557. The van der Waals surface area contributed by atoms with E-state index in [1.807, 2.05) is 0 Å². The Balaban J connectivity index is 2.65. The molecule has 0 radical (unpaired) electrons. The topological polar surface area (TPSA) is 12.0 Å². The fraction of sp³-hybridized carbons (Fsp3) is 0.538. The van der Waals surface area contributed by atoms with Gasteiger partial charge in [-0.1, -0.05) is 62.9 Å². The predicted octanol–water partition coefficient (Wildman–Crippen LogP) is 2.73. The van der Waals surface area contributed by atoms with Crippen LogP contribution >= 0.6 is 0 Å². The van der Waals surface area contributed by atoms with Gasteiger partial charge in [0.25, 0.3) is 0 Å². The minimum Gasteiger partial charge on any atom is -0.310 e. The first-order chi connectivity index (χ1) is 6.89. The number of rotatable bonds is 4. The van der Waals surface area contributed by atoms with E-state index in [1.165, 1.54) is 10.8 Å². The quantitative estimate of drug-likeness (QED) is 0.771. The molecule has 0 aromatic heterocycles. The molecule has 15 heavy (non-hydrogen) atoms. The number of nitrogens with one attached hydrogen (secondary N) is 1. The van der Waals surface area contributed by atoms with E-state index in [0.717, 1.165) is 6.54 Å². The molecule has 84 valence electrons. The maximum Gasteiger partial charge on any atom is 0.0775 e. The highest BCUT2D eigenvalue weighted by atomic mass is 28.3. The summed E-state index contributed by atoms with van der Waals surface area (Å²) in [5.74, 6) is 0. The third-order valence-corrected chi connectivity index (χ3v) is 4.60. The summed E-state index contributed by atoms with van der Waals surface area (Å²) in [4.78, 5) is 0. The van der Waals surface area contributed by atoms with E-state index in [1.54, 1.807) is 0 Å². The van der Waals surface area contributed by atoms with Gasteiger partial charge in [0.2, 0.25) is 0 Å². The van der Waals surface area contributed by atoms with Gasteiger partial charge in [-0.05, 0) is 5.56 Å². The minimum atomic E-state index is -1.12. The van der Waals surface area contributed by atoms with Crippen LogP contribution in [-0.4, -0.2) is 14.1 Å². The molecular weight excluding hydrogens is 198 g/mol. The Morgan fingerprint density at radius 2 is 1.60 bits per heavy atom. The Morgan fingerprint density at radius 1 is 1.07 bits per heavy atom. The van der Waals surface area contributed by atoms with Crippen LogP contribution in [0.3, 0.4) is 0 Å². The van der Waals surface area contributed by atoms with Crippen molar-refractivity contribution in [3.05, 3.63) is 29.8 Å². The predicted molar refractivity (Wildman–Crippen MR) is 71.4 cm³/mol. The molecule has 0 aliphatic carbocycles. The Hall–Kier alpha value is -0.603. The highest BCUT2D eigenvalue weighted by molar-refractivity contribution is 6.88. The van der Waals surface area contributed by atoms with Gasteiger partial charge < -0.3 is 5.32 Å². The van der Waals surface area contributed by atoms with E-state index >= 15 is 0 Å². The first-order valence-electron chi connectivity index (χ1n) is 5.72. The lowest BCUT2D eigenvalue weighted by Gasteiger charge is -2.17. The van der Waals surface area contributed by atoms with Gasteiger partial charge in [0, 0.05) is 12.6 Å². The zero-order chi connectivity index (χ0) is 11.5. The zero-order valence-electron chi connectivity index (χ0n) is 10.6. The lowest BCUT2D eigenvalue weighted by Crippen LogP contribution is -2.37. The standard InChI is InChI=1S/C13H23NSi/c1-11(2)14-10-12-6-8-13(9-7-12)15(3,4)5/h6-9,11,14H,10H2,1-5H3. The van der Waals surface area contributed by atoms with Crippen LogP contribution in [0.5, 0.6) is 0 Å². The summed E-state index contributed by atoms with van der Waals surface area (Å²) in [5.41, 5.74) is 1.38. The molecule has 0 saturated carbocycles. The number of benzene rings is 1. The summed E-state index contributed by atoms with van der Waals surface area (Å²) in [7, 11) is -1.12. The smallest absolute Gasteiger partial charge is 0.0775 e. The maximum atomic E-state index is 3.43.